The van der Waals surface area contributed by atoms with Gasteiger partial charge in [0.05, 0.1) is 63.4 Å². The Labute approximate surface area is 191 Å². The van der Waals surface area contributed by atoms with Gasteiger partial charge in [0.15, 0.2) is 9.84 Å². The molecule has 0 unspecified atom stereocenters. The van der Waals surface area contributed by atoms with Gasteiger partial charge >= 0.3 is 0 Å². The van der Waals surface area contributed by atoms with Gasteiger partial charge in [-0.05, 0) is 0 Å². The van der Waals surface area contributed by atoms with E-state index in [1.807, 2.05) is 18.3 Å². The zero-order valence-electron chi connectivity index (χ0n) is 18.9. The van der Waals surface area contributed by atoms with E-state index < -0.39 is 9.84 Å². The maximum absolute atomic E-state index is 11.5. The zero-order valence-corrected chi connectivity index (χ0v) is 19.8. The predicted octanol–water partition coefficient (Wildman–Crippen LogP) is 0.232. The first-order valence-corrected chi connectivity index (χ1v) is 12.8. The highest BCUT2D eigenvalue weighted by molar-refractivity contribution is 7.91. The van der Waals surface area contributed by atoms with Crippen LogP contribution in [0.3, 0.4) is 0 Å². The van der Waals surface area contributed by atoms with E-state index in [0.29, 0.717) is 65.8 Å². The van der Waals surface area contributed by atoms with E-state index in [2.05, 4.69) is 33.3 Å². The summed E-state index contributed by atoms with van der Waals surface area (Å²) < 4.78 is 41.4. The molecule has 0 radical (unpaired) electrons. The molecular formula is C21H37N5O5S. The molecule has 11 heteroatoms. The fraction of sp³-hybridized carbons (Fsp3) is 0.714. The summed E-state index contributed by atoms with van der Waals surface area (Å²) in [5.74, 6) is 0.431. The molecule has 0 aromatic carbocycles. The highest BCUT2D eigenvalue weighted by Crippen LogP contribution is 2.07. The first-order chi connectivity index (χ1) is 15.5. The van der Waals surface area contributed by atoms with Crippen LogP contribution in [0.2, 0.25) is 0 Å². The topological polar surface area (TPSA) is 99.0 Å². The van der Waals surface area contributed by atoms with E-state index in [1.54, 1.807) is 4.68 Å². The average Bonchev–Trinajstić information content (AvgIpc) is 3.21. The molecular weight excluding hydrogens is 434 g/mol. The number of sulfone groups is 1. The summed E-state index contributed by atoms with van der Waals surface area (Å²) in [6, 6.07) is 0. The standard InChI is InChI=1S/C21H37N5O5S/c1-3-5-24(6-4-2)7-11-29-13-15-31-16-14-30-12-8-26-20-21(22-23-26)19-25-9-17-32(27,28)18-10-25/h3-4,20H,1-2,5-19H2. The van der Waals surface area contributed by atoms with Gasteiger partial charge in [-0.3, -0.25) is 9.80 Å². The minimum absolute atomic E-state index is 0.216. The molecule has 0 bridgehead atoms. The molecule has 0 N–H and O–H groups in total. The molecule has 0 saturated carbocycles. The van der Waals surface area contributed by atoms with E-state index in [1.165, 1.54) is 0 Å². The fourth-order valence-corrected chi connectivity index (χ4v) is 4.45. The van der Waals surface area contributed by atoms with Gasteiger partial charge in [0.1, 0.15) is 0 Å². The largest absolute Gasteiger partial charge is 0.378 e. The van der Waals surface area contributed by atoms with E-state index >= 15 is 0 Å². The summed E-state index contributed by atoms with van der Waals surface area (Å²) >= 11 is 0. The summed E-state index contributed by atoms with van der Waals surface area (Å²) in [5.41, 5.74) is 0.838. The van der Waals surface area contributed by atoms with Crippen molar-refractivity contribution in [1.82, 2.24) is 24.8 Å². The van der Waals surface area contributed by atoms with Gasteiger partial charge in [-0.2, -0.15) is 0 Å². The Bertz CT molecular complexity index is 746. The van der Waals surface area contributed by atoms with Gasteiger partial charge < -0.3 is 14.2 Å². The summed E-state index contributed by atoms with van der Waals surface area (Å²) in [6.07, 6.45) is 5.63. The summed E-state index contributed by atoms with van der Waals surface area (Å²) in [4.78, 5) is 4.29. The molecule has 1 aliphatic heterocycles. The van der Waals surface area contributed by atoms with Crippen molar-refractivity contribution in [2.24, 2.45) is 0 Å². The SMILES string of the molecule is C=CCN(CC=C)CCOCCOCCOCCn1cc(CN2CCS(=O)(=O)CC2)nn1. The van der Waals surface area contributed by atoms with Crippen LogP contribution in [0.4, 0.5) is 0 Å². The molecule has 1 saturated heterocycles. The van der Waals surface area contributed by atoms with Crippen molar-refractivity contribution >= 4 is 9.84 Å². The lowest BCUT2D eigenvalue weighted by atomic mass is 10.4. The maximum atomic E-state index is 11.5. The second-order valence-electron chi connectivity index (χ2n) is 7.57. The molecule has 1 aromatic heterocycles. The van der Waals surface area contributed by atoms with Gasteiger partial charge in [0, 0.05) is 45.5 Å². The van der Waals surface area contributed by atoms with Crippen molar-refractivity contribution in [1.29, 1.82) is 0 Å². The number of ether oxygens (including phenoxy) is 3. The van der Waals surface area contributed by atoms with Gasteiger partial charge in [0.25, 0.3) is 0 Å². The molecule has 10 nitrogen and oxygen atoms in total. The van der Waals surface area contributed by atoms with Crippen LogP contribution in [0.25, 0.3) is 0 Å². The predicted molar refractivity (Wildman–Crippen MR) is 123 cm³/mol. The number of aromatic nitrogens is 3. The monoisotopic (exact) mass is 471 g/mol. The Morgan fingerprint density at radius 2 is 1.56 bits per heavy atom. The Morgan fingerprint density at radius 3 is 2.19 bits per heavy atom. The summed E-state index contributed by atoms with van der Waals surface area (Å²) in [5, 5.41) is 8.26. The number of rotatable bonds is 18. The highest BCUT2D eigenvalue weighted by atomic mass is 32.2. The minimum atomic E-state index is -2.86. The lowest BCUT2D eigenvalue weighted by molar-refractivity contribution is 0.00981. The molecule has 0 aliphatic carbocycles. The molecule has 2 rings (SSSR count). The Hall–Kier alpha value is -1.63. The smallest absolute Gasteiger partial charge is 0.152 e. The van der Waals surface area contributed by atoms with Crippen molar-refractivity contribution < 1.29 is 22.6 Å². The quantitative estimate of drug-likeness (QED) is 0.220. The first kappa shape index (κ1) is 26.6. The fourth-order valence-electron chi connectivity index (χ4n) is 3.17. The molecule has 2 heterocycles. The van der Waals surface area contributed by atoms with Gasteiger partial charge in [-0.15, -0.1) is 18.3 Å². The molecule has 0 spiro atoms. The van der Waals surface area contributed by atoms with Crippen LogP contribution < -0.4 is 0 Å². The number of nitrogens with zero attached hydrogens (tertiary/aromatic N) is 5. The number of hydrogen-bond donors (Lipinski definition) is 0. The molecule has 1 aliphatic rings. The van der Waals surface area contributed by atoms with E-state index in [4.69, 9.17) is 14.2 Å². The zero-order chi connectivity index (χ0) is 23.1. The Morgan fingerprint density at radius 1 is 0.969 bits per heavy atom. The summed E-state index contributed by atoms with van der Waals surface area (Å²) in [7, 11) is -2.86. The van der Waals surface area contributed by atoms with Crippen molar-refractivity contribution in [3.8, 4) is 0 Å². The third-order valence-corrected chi connectivity index (χ3v) is 6.55. The van der Waals surface area contributed by atoms with Crippen LogP contribution in [0.5, 0.6) is 0 Å². The second kappa shape index (κ2) is 15.3. The van der Waals surface area contributed by atoms with Crippen LogP contribution >= 0.6 is 0 Å². The third kappa shape index (κ3) is 11.3. The van der Waals surface area contributed by atoms with Crippen LogP contribution in [-0.4, -0.2) is 117 Å². The molecule has 0 atom stereocenters. The van der Waals surface area contributed by atoms with Crippen molar-refractivity contribution in [3.63, 3.8) is 0 Å². The van der Waals surface area contributed by atoms with Crippen LogP contribution in [-0.2, 0) is 37.1 Å². The lowest BCUT2D eigenvalue weighted by Gasteiger charge is -2.25. The van der Waals surface area contributed by atoms with Crippen molar-refractivity contribution in [2.75, 3.05) is 83.9 Å². The third-order valence-electron chi connectivity index (χ3n) is 4.94. The van der Waals surface area contributed by atoms with Gasteiger partial charge in [-0.1, -0.05) is 17.4 Å². The first-order valence-electron chi connectivity index (χ1n) is 11.0. The Balaban J connectivity index is 1.43. The van der Waals surface area contributed by atoms with E-state index in [9.17, 15) is 8.42 Å². The molecule has 0 amide bonds. The maximum Gasteiger partial charge on any atom is 0.152 e. The normalized spacial score (nSPS) is 16.4. The van der Waals surface area contributed by atoms with Crippen LogP contribution in [0.15, 0.2) is 31.5 Å². The van der Waals surface area contributed by atoms with E-state index in [-0.39, 0.29) is 11.5 Å². The van der Waals surface area contributed by atoms with Crippen LogP contribution in [0, 0.1) is 0 Å². The van der Waals surface area contributed by atoms with Gasteiger partial charge in [0.2, 0.25) is 0 Å². The summed E-state index contributed by atoms with van der Waals surface area (Å²) in [6.45, 7) is 15.6. The average molecular weight is 472 g/mol. The van der Waals surface area contributed by atoms with Gasteiger partial charge in [-0.25, -0.2) is 13.1 Å². The second-order valence-corrected chi connectivity index (χ2v) is 9.88. The minimum Gasteiger partial charge on any atom is -0.378 e. The van der Waals surface area contributed by atoms with Crippen LogP contribution in [0.1, 0.15) is 5.69 Å². The van der Waals surface area contributed by atoms with Crippen molar-refractivity contribution in [3.05, 3.63) is 37.2 Å². The highest BCUT2D eigenvalue weighted by Gasteiger charge is 2.22. The molecule has 1 aromatic rings. The van der Waals surface area contributed by atoms with Crippen molar-refractivity contribution in [2.45, 2.75) is 13.1 Å². The molecule has 32 heavy (non-hydrogen) atoms. The molecule has 182 valence electrons. The molecule has 1 fully saturated rings. The number of hydrogen-bond acceptors (Lipinski definition) is 9. The van der Waals surface area contributed by atoms with E-state index in [0.717, 1.165) is 25.3 Å². The lowest BCUT2D eigenvalue weighted by Crippen LogP contribution is -2.39. The Kier molecular flexibility index (Phi) is 12.7.